The van der Waals surface area contributed by atoms with E-state index in [2.05, 4.69) is 31.9 Å². The second-order valence-electron chi connectivity index (χ2n) is 4.87. The molecule has 0 aliphatic heterocycles. The van der Waals surface area contributed by atoms with Crippen molar-refractivity contribution in [3.8, 4) is 0 Å². The number of benzene rings is 1. The Bertz CT molecular complexity index is 528. The van der Waals surface area contributed by atoms with Gasteiger partial charge in [-0.3, -0.25) is 0 Å². The number of rotatable bonds is 8. The molecule has 20 heavy (non-hydrogen) atoms. The summed E-state index contributed by atoms with van der Waals surface area (Å²) in [6, 6.07) is 7.75. The van der Waals surface area contributed by atoms with Crippen LogP contribution in [0.25, 0.3) is 0 Å². The van der Waals surface area contributed by atoms with Crippen molar-refractivity contribution < 1.29 is 8.42 Å². The summed E-state index contributed by atoms with van der Waals surface area (Å²) in [6.45, 7) is 1.69. The highest BCUT2D eigenvalue weighted by atomic mass is 79.9. The molecule has 1 rings (SSSR count). The lowest BCUT2D eigenvalue weighted by atomic mass is 9.80. The van der Waals surface area contributed by atoms with E-state index in [4.69, 9.17) is 11.6 Å². The van der Waals surface area contributed by atoms with Crippen LogP contribution in [-0.4, -0.2) is 30.6 Å². The Kier molecular flexibility index (Phi) is 7.53. The Morgan fingerprint density at radius 2 is 1.80 bits per heavy atom. The predicted octanol–water partition coefficient (Wildman–Crippen LogP) is 4.58. The molecule has 1 aromatic rings. The van der Waals surface area contributed by atoms with Crippen molar-refractivity contribution in [2.24, 2.45) is 0 Å². The van der Waals surface area contributed by atoms with Crippen molar-refractivity contribution in [3.05, 3.63) is 34.9 Å². The van der Waals surface area contributed by atoms with E-state index in [1.807, 2.05) is 24.3 Å². The first kappa shape index (κ1) is 18.5. The van der Waals surface area contributed by atoms with Gasteiger partial charge in [0.2, 0.25) is 0 Å². The summed E-state index contributed by atoms with van der Waals surface area (Å²) in [5, 5.41) is 2.20. The second-order valence-corrected chi connectivity index (χ2v) is 8.87. The van der Waals surface area contributed by atoms with Gasteiger partial charge in [-0.15, -0.1) is 0 Å². The van der Waals surface area contributed by atoms with Crippen LogP contribution in [0, 0.1) is 0 Å². The molecule has 114 valence electrons. The zero-order chi connectivity index (χ0) is 15.2. The van der Waals surface area contributed by atoms with Gasteiger partial charge in [0.25, 0.3) is 0 Å². The van der Waals surface area contributed by atoms with Crippen LogP contribution in [0.3, 0.4) is 0 Å². The molecular weight excluding hydrogens is 427 g/mol. The van der Waals surface area contributed by atoms with Gasteiger partial charge in [-0.05, 0) is 24.5 Å². The monoisotopic (exact) mass is 444 g/mol. The molecule has 0 saturated carbocycles. The number of halogens is 3. The molecule has 0 aromatic heterocycles. The maximum atomic E-state index is 11.6. The van der Waals surface area contributed by atoms with E-state index in [0.717, 1.165) is 27.7 Å². The summed E-state index contributed by atoms with van der Waals surface area (Å²) >= 11 is 13.4. The average molecular weight is 447 g/mol. The highest BCUT2D eigenvalue weighted by Gasteiger charge is 2.32. The molecule has 2 nitrogen and oxygen atoms in total. The van der Waals surface area contributed by atoms with Crippen LogP contribution < -0.4 is 0 Å². The number of sulfone groups is 1. The van der Waals surface area contributed by atoms with Crippen LogP contribution in [0.2, 0.25) is 5.02 Å². The van der Waals surface area contributed by atoms with Crippen LogP contribution in [0.5, 0.6) is 0 Å². The first-order valence-corrected chi connectivity index (χ1v) is 10.9. The van der Waals surface area contributed by atoms with Gasteiger partial charge in [0.15, 0.2) is 0 Å². The maximum Gasteiger partial charge on any atom is 0.150 e. The second kappa shape index (κ2) is 8.16. The highest BCUT2D eigenvalue weighted by molar-refractivity contribution is 9.09. The van der Waals surface area contributed by atoms with E-state index in [-0.39, 0.29) is 16.9 Å². The molecule has 0 saturated heterocycles. The number of alkyl halides is 2. The SMILES string of the molecule is CCS(=O)(=O)CCCC(CBr)(CBr)c1ccccc1Cl. The van der Waals surface area contributed by atoms with Crippen molar-refractivity contribution in [3.63, 3.8) is 0 Å². The van der Waals surface area contributed by atoms with Crippen molar-refractivity contribution in [2.75, 3.05) is 22.2 Å². The molecule has 6 heteroatoms. The molecule has 0 atom stereocenters. The molecular formula is C14H19Br2ClO2S. The summed E-state index contributed by atoms with van der Waals surface area (Å²) < 4.78 is 23.2. The Labute approximate surface area is 143 Å². The van der Waals surface area contributed by atoms with Gasteiger partial charge in [0.1, 0.15) is 9.84 Å². The standard InChI is InChI=1S/C14H19Br2ClO2S/c1-2-20(18,19)9-5-8-14(10-15,11-16)12-6-3-4-7-13(12)17/h3-4,6-7H,2,5,8-11H2,1H3. The summed E-state index contributed by atoms with van der Waals surface area (Å²) in [7, 11) is -2.91. The first-order valence-electron chi connectivity index (χ1n) is 6.48. The minimum absolute atomic E-state index is 0.179. The normalized spacial score (nSPS) is 12.6. The van der Waals surface area contributed by atoms with Crippen molar-refractivity contribution in [1.29, 1.82) is 0 Å². The summed E-state index contributed by atoms with van der Waals surface area (Å²) in [4.78, 5) is 0. The Morgan fingerprint density at radius 1 is 1.20 bits per heavy atom. The van der Waals surface area contributed by atoms with Crippen molar-refractivity contribution >= 4 is 53.3 Å². The largest absolute Gasteiger partial charge is 0.229 e. The topological polar surface area (TPSA) is 34.1 Å². The molecule has 0 aliphatic carbocycles. The van der Waals surface area contributed by atoms with Crippen LogP contribution >= 0.6 is 43.5 Å². The molecule has 0 bridgehead atoms. The van der Waals surface area contributed by atoms with Crippen LogP contribution in [0.1, 0.15) is 25.3 Å². The average Bonchev–Trinajstić information content (AvgIpc) is 2.45. The lowest BCUT2D eigenvalue weighted by Gasteiger charge is -2.31. The minimum atomic E-state index is -2.91. The van der Waals surface area contributed by atoms with Crippen molar-refractivity contribution in [1.82, 2.24) is 0 Å². The fourth-order valence-corrected chi connectivity index (χ4v) is 5.42. The lowest BCUT2D eigenvalue weighted by molar-refractivity contribution is 0.495. The van der Waals surface area contributed by atoms with Gasteiger partial charge >= 0.3 is 0 Å². The molecule has 1 aromatic carbocycles. The fourth-order valence-electron chi connectivity index (χ4n) is 2.11. The van der Waals surface area contributed by atoms with Gasteiger partial charge in [0.05, 0.1) is 5.75 Å². The third-order valence-corrected chi connectivity index (χ3v) is 7.77. The van der Waals surface area contributed by atoms with Crippen molar-refractivity contribution in [2.45, 2.75) is 25.2 Å². The molecule has 0 heterocycles. The molecule has 0 N–H and O–H groups in total. The molecule has 0 unspecified atom stereocenters. The van der Waals surface area contributed by atoms with Crippen LogP contribution in [0.4, 0.5) is 0 Å². The van der Waals surface area contributed by atoms with E-state index in [9.17, 15) is 8.42 Å². The quantitative estimate of drug-likeness (QED) is 0.548. The molecule has 0 fully saturated rings. The molecule has 0 radical (unpaired) electrons. The van der Waals surface area contributed by atoms with Gasteiger partial charge in [0, 0.05) is 26.9 Å². The van der Waals surface area contributed by atoms with E-state index in [0.29, 0.717) is 6.42 Å². The highest BCUT2D eigenvalue weighted by Crippen LogP contribution is 2.37. The van der Waals surface area contributed by atoms with Gasteiger partial charge < -0.3 is 0 Å². The van der Waals surface area contributed by atoms with Gasteiger partial charge in [-0.25, -0.2) is 8.42 Å². The van der Waals surface area contributed by atoms with Gasteiger partial charge in [-0.2, -0.15) is 0 Å². The fraction of sp³-hybridized carbons (Fsp3) is 0.571. The van der Waals surface area contributed by atoms with E-state index >= 15 is 0 Å². The zero-order valence-electron chi connectivity index (χ0n) is 11.4. The summed E-state index contributed by atoms with van der Waals surface area (Å²) in [5.74, 6) is 0.435. The minimum Gasteiger partial charge on any atom is -0.229 e. The van der Waals surface area contributed by atoms with E-state index in [1.54, 1.807) is 6.92 Å². The Morgan fingerprint density at radius 3 is 2.30 bits per heavy atom. The molecule has 0 amide bonds. The molecule has 0 aliphatic rings. The maximum absolute atomic E-state index is 11.6. The van der Waals surface area contributed by atoms with E-state index < -0.39 is 9.84 Å². The summed E-state index contributed by atoms with van der Waals surface area (Å²) in [6.07, 6.45) is 1.41. The predicted molar refractivity (Wildman–Crippen MR) is 94.3 cm³/mol. The third-order valence-electron chi connectivity index (χ3n) is 3.51. The number of hydrogen-bond donors (Lipinski definition) is 0. The van der Waals surface area contributed by atoms with E-state index in [1.165, 1.54) is 0 Å². The van der Waals surface area contributed by atoms with Crippen LogP contribution in [-0.2, 0) is 15.3 Å². The third kappa shape index (κ3) is 4.72. The lowest BCUT2D eigenvalue weighted by Crippen LogP contribution is -2.31. The van der Waals surface area contributed by atoms with Crippen LogP contribution in [0.15, 0.2) is 24.3 Å². The number of hydrogen-bond acceptors (Lipinski definition) is 2. The zero-order valence-corrected chi connectivity index (χ0v) is 16.2. The Hall–Kier alpha value is 0.420. The van der Waals surface area contributed by atoms with Gasteiger partial charge in [-0.1, -0.05) is 68.6 Å². The summed E-state index contributed by atoms with van der Waals surface area (Å²) in [5.41, 5.74) is 0.881. The first-order chi connectivity index (χ1) is 9.40. The molecule has 0 spiro atoms. The smallest absolute Gasteiger partial charge is 0.150 e. The Balaban J connectivity index is 2.91.